The highest BCUT2D eigenvalue weighted by molar-refractivity contribution is 5.77. The molecule has 1 aliphatic rings. The van der Waals surface area contributed by atoms with Crippen LogP contribution in [0.15, 0.2) is 4.99 Å². The number of hydrogen-bond donors (Lipinski definition) is 1. The van der Waals surface area contributed by atoms with Crippen molar-refractivity contribution >= 4 is 18.1 Å². The number of amides is 2. The Bertz CT molecular complexity index is 410. The smallest absolute Gasteiger partial charge is 0.412 e. The Kier molecular flexibility index (Phi) is 4.67. The van der Waals surface area contributed by atoms with Crippen molar-refractivity contribution in [1.29, 1.82) is 0 Å². The van der Waals surface area contributed by atoms with E-state index in [1.165, 1.54) is 11.0 Å². The Morgan fingerprint density at radius 2 is 2.05 bits per heavy atom. The number of ether oxygens (including phenoxy) is 1. The van der Waals surface area contributed by atoms with Gasteiger partial charge in [-0.2, -0.15) is 4.99 Å². The molecule has 0 aliphatic carbocycles. The summed E-state index contributed by atoms with van der Waals surface area (Å²) in [6.45, 7) is 5.52. The van der Waals surface area contributed by atoms with Crippen molar-refractivity contribution < 1.29 is 19.1 Å². The lowest BCUT2D eigenvalue weighted by molar-refractivity contribution is -0.123. The molecule has 7 heteroatoms. The molecule has 1 heterocycles. The van der Waals surface area contributed by atoms with Crippen molar-refractivity contribution in [3.8, 4) is 0 Å². The molecule has 0 aromatic heterocycles. The van der Waals surface area contributed by atoms with E-state index in [9.17, 15) is 14.4 Å². The minimum Gasteiger partial charge on any atom is -0.444 e. The van der Waals surface area contributed by atoms with Gasteiger partial charge in [-0.05, 0) is 27.2 Å². The molecule has 0 aromatic carbocycles. The van der Waals surface area contributed by atoms with Crippen LogP contribution in [-0.4, -0.2) is 41.3 Å². The van der Waals surface area contributed by atoms with E-state index in [1.807, 2.05) is 0 Å². The van der Waals surface area contributed by atoms with Crippen molar-refractivity contribution in [3.63, 3.8) is 0 Å². The zero-order valence-corrected chi connectivity index (χ0v) is 11.4. The summed E-state index contributed by atoms with van der Waals surface area (Å²) in [7, 11) is 0. The molecule has 2 atom stereocenters. The lowest BCUT2D eigenvalue weighted by Gasteiger charge is -2.36. The summed E-state index contributed by atoms with van der Waals surface area (Å²) in [5, 5.41) is 0. The third kappa shape index (κ3) is 4.37. The number of hydrogen-bond acceptors (Lipinski definition) is 5. The fraction of sp³-hybridized carbons (Fsp3) is 0.750. The molecule has 2 unspecified atom stereocenters. The molecule has 0 saturated carbocycles. The van der Waals surface area contributed by atoms with E-state index in [4.69, 9.17) is 10.5 Å². The van der Waals surface area contributed by atoms with Gasteiger partial charge in [0.2, 0.25) is 12.0 Å². The normalized spacial score (nSPS) is 23.4. The Morgan fingerprint density at radius 3 is 2.53 bits per heavy atom. The maximum absolute atomic E-state index is 12.0. The van der Waals surface area contributed by atoms with Crippen molar-refractivity contribution in [2.24, 2.45) is 16.6 Å². The minimum absolute atomic E-state index is 0.226. The molecular weight excluding hydrogens is 250 g/mol. The second kappa shape index (κ2) is 5.84. The fourth-order valence-electron chi connectivity index (χ4n) is 1.92. The summed E-state index contributed by atoms with van der Waals surface area (Å²) in [4.78, 5) is 38.4. The van der Waals surface area contributed by atoms with Crippen LogP contribution in [0.5, 0.6) is 0 Å². The summed E-state index contributed by atoms with van der Waals surface area (Å²) < 4.78 is 5.23. The number of isocyanates is 1. The molecule has 19 heavy (non-hydrogen) atoms. The number of carbonyl (C=O) groups excluding carboxylic acids is 3. The second-order valence-corrected chi connectivity index (χ2v) is 5.50. The first-order valence-corrected chi connectivity index (χ1v) is 6.10. The molecule has 1 aliphatic heterocycles. The summed E-state index contributed by atoms with van der Waals surface area (Å²) in [5.41, 5.74) is 4.60. The Morgan fingerprint density at radius 1 is 1.42 bits per heavy atom. The fourth-order valence-corrected chi connectivity index (χ4v) is 1.92. The summed E-state index contributed by atoms with van der Waals surface area (Å²) in [5.74, 6) is -0.837. The molecule has 7 nitrogen and oxygen atoms in total. The summed E-state index contributed by atoms with van der Waals surface area (Å²) in [6, 6.07) is 0. The average molecular weight is 269 g/mol. The molecule has 1 fully saturated rings. The first kappa shape index (κ1) is 15.2. The molecule has 1 rings (SSSR count). The molecule has 0 spiro atoms. The Labute approximate surface area is 111 Å². The van der Waals surface area contributed by atoms with Gasteiger partial charge in [-0.3, -0.25) is 9.69 Å². The first-order valence-electron chi connectivity index (χ1n) is 6.10. The molecule has 0 bridgehead atoms. The van der Waals surface area contributed by atoms with Crippen LogP contribution in [0.25, 0.3) is 0 Å². The number of nitrogens with two attached hydrogens (primary N) is 1. The van der Waals surface area contributed by atoms with Gasteiger partial charge in [-0.25, -0.2) is 9.59 Å². The third-order valence-electron chi connectivity index (χ3n) is 2.81. The van der Waals surface area contributed by atoms with E-state index >= 15 is 0 Å². The van der Waals surface area contributed by atoms with Crippen LogP contribution >= 0.6 is 0 Å². The number of primary amides is 1. The van der Waals surface area contributed by atoms with Gasteiger partial charge < -0.3 is 10.5 Å². The van der Waals surface area contributed by atoms with Crippen molar-refractivity contribution in [3.05, 3.63) is 0 Å². The standard InChI is InChI=1S/C12H19N3O4/c1-12(2,3)19-11(18)15-5-4-8(10(13)17)6-9(15)14-7-16/h8-9H,4-6H2,1-3H3,(H2,13,17). The molecule has 1 saturated heterocycles. The van der Waals surface area contributed by atoms with Crippen LogP contribution in [0.4, 0.5) is 4.79 Å². The molecule has 0 aromatic rings. The zero-order valence-electron chi connectivity index (χ0n) is 11.4. The summed E-state index contributed by atoms with van der Waals surface area (Å²) >= 11 is 0. The van der Waals surface area contributed by atoms with Crippen molar-refractivity contribution in [2.75, 3.05) is 6.54 Å². The van der Waals surface area contributed by atoms with Crippen LogP contribution in [0.1, 0.15) is 33.6 Å². The van der Waals surface area contributed by atoms with E-state index in [-0.39, 0.29) is 18.9 Å². The number of aliphatic imine (C=N–C) groups is 1. The van der Waals surface area contributed by atoms with Gasteiger partial charge in [0.15, 0.2) is 0 Å². The molecule has 106 valence electrons. The quantitative estimate of drug-likeness (QED) is 0.591. The number of nitrogens with zero attached hydrogens (tertiary/aromatic N) is 2. The lowest BCUT2D eigenvalue weighted by Crippen LogP contribution is -2.49. The van der Waals surface area contributed by atoms with Crippen molar-refractivity contribution in [2.45, 2.75) is 45.4 Å². The van der Waals surface area contributed by atoms with E-state index < -0.39 is 23.8 Å². The van der Waals surface area contributed by atoms with Gasteiger partial charge in [0.1, 0.15) is 11.8 Å². The predicted octanol–water partition coefficient (Wildman–Crippen LogP) is 0.781. The van der Waals surface area contributed by atoms with E-state index in [2.05, 4.69) is 4.99 Å². The van der Waals surface area contributed by atoms with Crippen LogP contribution in [0.2, 0.25) is 0 Å². The molecule has 0 radical (unpaired) electrons. The highest BCUT2D eigenvalue weighted by Crippen LogP contribution is 2.25. The number of rotatable bonds is 2. The zero-order chi connectivity index (χ0) is 14.6. The summed E-state index contributed by atoms with van der Waals surface area (Å²) in [6.07, 6.45) is 0.794. The maximum atomic E-state index is 12.0. The van der Waals surface area contributed by atoms with Gasteiger partial charge in [0.25, 0.3) is 0 Å². The highest BCUT2D eigenvalue weighted by Gasteiger charge is 2.36. The predicted molar refractivity (Wildman–Crippen MR) is 66.8 cm³/mol. The first-order chi connectivity index (χ1) is 8.74. The number of likely N-dealkylation sites (tertiary alicyclic amines) is 1. The van der Waals surface area contributed by atoms with E-state index in [1.54, 1.807) is 20.8 Å². The minimum atomic E-state index is -0.737. The number of piperidine rings is 1. The van der Waals surface area contributed by atoms with Gasteiger partial charge >= 0.3 is 6.09 Å². The monoisotopic (exact) mass is 269 g/mol. The molecule has 2 N–H and O–H groups in total. The molecular formula is C12H19N3O4. The molecule has 2 amide bonds. The average Bonchev–Trinajstić information content (AvgIpc) is 2.26. The second-order valence-electron chi connectivity index (χ2n) is 5.50. The van der Waals surface area contributed by atoms with Crippen LogP contribution < -0.4 is 5.73 Å². The van der Waals surface area contributed by atoms with Crippen molar-refractivity contribution in [1.82, 2.24) is 4.90 Å². The maximum Gasteiger partial charge on any atom is 0.412 e. The Balaban J connectivity index is 2.80. The van der Waals surface area contributed by atoms with Crippen LogP contribution in [0.3, 0.4) is 0 Å². The lowest BCUT2D eigenvalue weighted by atomic mass is 9.94. The van der Waals surface area contributed by atoms with Gasteiger partial charge in [0, 0.05) is 18.9 Å². The number of carbonyl (C=O) groups is 2. The van der Waals surface area contributed by atoms with Crippen LogP contribution in [-0.2, 0) is 14.3 Å². The third-order valence-corrected chi connectivity index (χ3v) is 2.81. The van der Waals surface area contributed by atoms with Crippen LogP contribution in [0, 0.1) is 5.92 Å². The van der Waals surface area contributed by atoms with E-state index in [0.717, 1.165) is 0 Å². The largest absolute Gasteiger partial charge is 0.444 e. The highest BCUT2D eigenvalue weighted by atomic mass is 16.6. The van der Waals surface area contributed by atoms with E-state index in [0.29, 0.717) is 6.42 Å². The van der Waals surface area contributed by atoms with Gasteiger partial charge in [-0.15, -0.1) is 0 Å². The van der Waals surface area contributed by atoms with Gasteiger partial charge in [-0.1, -0.05) is 0 Å². The topological polar surface area (TPSA) is 102 Å². The van der Waals surface area contributed by atoms with Gasteiger partial charge in [0.05, 0.1) is 0 Å². The SMILES string of the molecule is CC(C)(C)OC(=O)N1CCC(C(N)=O)CC1N=C=O. The Hall–Kier alpha value is -1.88.